The molecule has 1 aliphatic rings. The van der Waals surface area contributed by atoms with E-state index in [-0.39, 0.29) is 15.7 Å². The van der Waals surface area contributed by atoms with Crippen molar-refractivity contribution in [3.05, 3.63) is 4.60 Å². The molecule has 7 nitrogen and oxygen atoms in total. The Kier molecular flexibility index (Phi) is 4.05. The third kappa shape index (κ3) is 2.58. The second kappa shape index (κ2) is 5.24. The molecule has 1 aromatic rings. The van der Waals surface area contributed by atoms with E-state index in [9.17, 15) is 8.42 Å². The summed E-state index contributed by atoms with van der Waals surface area (Å²) in [6.07, 6.45) is 2.10. The number of likely N-dealkylation sites (N-methyl/N-ethyl adjacent to an activating group) is 1. The van der Waals surface area contributed by atoms with E-state index in [1.807, 2.05) is 0 Å². The zero-order valence-electron chi connectivity index (χ0n) is 10.3. The van der Waals surface area contributed by atoms with Crippen molar-refractivity contribution in [2.45, 2.75) is 23.9 Å². The van der Waals surface area contributed by atoms with Crippen LogP contribution in [-0.2, 0) is 17.1 Å². The summed E-state index contributed by atoms with van der Waals surface area (Å²) >= 11 is 3.12. The van der Waals surface area contributed by atoms with Gasteiger partial charge in [0, 0.05) is 26.7 Å². The molecule has 0 amide bonds. The van der Waals surface area contributed by atoms with E-state index >= 15 is 0 Å². The molecular formula is C9H16BrN5O2S. The second-order valence-corrected chi connectivity index (χ2v) is 7.10. The SMILES string of the molecule is CN(CC1CCCN1)S(=O)(=O)c1c(Br)nnn1C. The van der Waals surface area contributed by atoms with Gasteiger partial charge in [-0.1, -0.05) is 5.21 Å². The molecule has 18 heavy (non-hydrogen) atoms. The average molecular weight is 338 g/mol. The van der Waals surface area contributed by atoms with E-state index in [1.165, 1.54) is 8.99 Å². The van der Waals surface area contributed by atoms with Crippen LogP contribution in [0.5, 0.6) is 0 Å². The minimum Gasteiger partial charge on any atom is -0.313 e. The van der Waals surface area contributed by atoms with Crippen molar-refractivity contribution in [2.75, 3.05) is 20.1 Å². The van der Waals surface area contributed by atoms with Gasteiger partial charge in [-0.3, -0.25) is 0 Å². The Morgan fingerprint density at radius 2 is 2.33 bits per heavy atom. The van der Waals surface area contributed by atoms with E-state index in [2.05, 4.69) is 31.6 Å². The molecule has 0 bridgehead atoms. The number of rotatable bonds is 4. The van der Waals surface area contributed by atoms with Crippen molar-refractivity contribution in [3.63, 3.8) is 0 Å². The molecular weight excluding hydrogens is 322 g/mol. The molecule has 1 atom stereocenters. The summed E-state index contributed by atoms with van der Waals surface area (Å²) in [5.41, 5.74) is 0. The van der Waals surface area contributed by atoms with Gasteiger partial charge in [0.2, 0.25) is 5.03 Å². The maximum Gasteiger partial charge on any atom is 0.262 e. The zero-order valence-corrected chi connectivity index (χ0v) is 12.7. The normalized spacial score (nSPS) is 20.8. The highest BCUT2D eigenvalue weighted by atomic mass is 79.9. The molecule has 1 saturated heterocycles. The molecule has 1 aliphatic heterocycles. The van der Waals surface area contributed by atoms with Gasteiger partial charge in [0.15, 0.2) is 4.60 Å². The molecule has 1 aromatic heterocycles. The fourth-order valence-corrected chi connectivity index (χ4v) is 4.30. The van der Waals surface area contributed by atoms with Crippen molar-refractivity contribution >= 4 is 26.0 Å². The lowest BCUT2D eigenvalue weighted by atomic mass is 10.2. The lowest BCUT2D eigenvalue weighted by molar-refractivity contribution is 0.412. The van der Waals surface area contributed by atoms with Gasteiger partial charge in [-0.25, -0.2) is 13.1 Å². The zero-order chi connectivity index (χ0) is 13.3. The Morgan fingerprint density at radius 3 is 2.83 bits per heavy atom. The van der Waals surface area contributed by atoms with Crippen molar-refractivity contribution in [1.29, 1.82) is 0 Å². The highest BCUT2D eigenvalue weighted by Gasteiger charge is 2.30. The summed E-state index contributed by atoms with van der Waals surface area (Å²) in [6.45, 7) is 1.41. The molecule has 1 fully saturated rings. The second-order valence-electron chi connectivity index (χ2n) is 4.39. The van der Waals surface area contributed by atoms with Gasteiger partial charge in [-0.2, -0.15) is 4.31 Å². The molecule has 0 radical (unpaired) electrons. The standard InChI is InChI=1S/C9H16BrN5O2S/c1-14(6-7-4-3-5-11-7)18(16,17)9-8(10)12-13-15(9)2/h7,11H,3-6H2,1-2H3. The van der Waals surface area contributed by atoms with Gasteiger partial charge >= 0.3 is 0 Å². The van der Waals surface area contributed by atoms with E-state index < -0.39 is 10.0 Å². The van der Waals surface area contributed by atoms with Gasteiger partial charge < -0.3 is 5.32 Å². The Morgan fingerprint density at radius 1 is 1.61 bits per heavy atom. The number of sulfonamides is 1. The Bertz CT molecular complexity index is 504. The molecule has 1 unspecified atom stereocenters. The van der Waals surface area contributed by atoms with Gasteiger partial charge in [0.05, 0.1) is 0 Å². The summed E-state index contributed by atoms with van der Waals surface area (Å²) in [5.74, 6) is 0. The average Bonchev–Trinajstić information content (AvgIpc) is 2.89. The van der Waals surface area contributed by atoms with E-state index in [0.29, 0.717) is 6.54 Å². The number of aromatic nitrogens is 3. The summed E-state index contributed by atoms with van der Waals surface area (Å²) in [6, 6.07) is 0.227. The first-order chi connectivity index (χ1) is 8.43. The molecule has 2 heterocycles. The van der Waals surface area contributed by atoms with E-state index in [1.54, 1.807) is 14.1 Å². The first-order valence-electron chi connectivity index (χ1n) is 5.68. The minimum atomic E-state index is -3.56. The lowest BCUT2D eigenvalue weighted by Gasteiger charge is -2.20. The summed E-state index contributed by atoms with van der Waals surface area (Å²) in [7, 11) is -0.420. The first kappa shape index (κ1) is 13.9. The van der Waals surface area contributed by atoms with Crippen LogP contribution < -0.4 is 5.32 Å². The quantitative estimate of drug-likeness (QED) is 0.833. The van der Waals surface area contributed by atoms with Crippen molar-refractivity contribution in [1.82, 2.24) is 24.6 Å². The van der Waals surface area contributed by atoms with Crippen molar-refractivity contribution in [3.8, 4) is 0 Å². The van der Waals surface area contributed by atoms with Crippen LogP contribution in [0.4, 0.5) is 0 Å². The smallest absolute Gasteiger partial charge is 0.262 e. The van der Waals surface area contributed by atoms with Crippen molar-refractivity contribution < 1.29 is 8.42 Å². The Labute approximate surface area is 115 Å². The number of aryl methyl sites for hydroxylation is 1. The fraction of sp³-hybridized carbons (Fsp3) is 0.778. The number of halogens is 1. The molecule has 9 heteroatoms. The van der Waals surface area contributed by atoms with Crippen LogP contribution in [0.25, 0.3) is 0 Å². The summed E-state index contributed by atoms with van der Waals surface area (Å²) in [4.78, 5) is 0. The lowest BCUT2D eigenvalue weighted by Crippen LogP contribution is -2.39. The molecule has 0 aliphatic carbocycles. The van der Waals surface area contributed by atoms with Crippen LogP contribution in [0.1, 0.15) is 12.8 Å². The highest BCUT2D eigenvalue weighted by Crippen LogP contribution is 2.22. The number of hydrogen-bond acceptors (Lipinski definition) is 5. The highest BCUT2D eigenvalue weighted by molar-refractivity contribution is 9.10. The predicted octanol–water partition coefficient (Wildman–Crippen LogP) is -0.0499. The van der Waals surface area contributed by atoms with Crippen LogP contribution in [0, 0.1) is 0 Å². The number of nitrogens with one attached hydrogen (secondary N) is 1. The van der Waals surface area contributed by atoms with Crippen LogP contribution in [-0.4, -0.2) is 53.9 Å². The van der Waals surface area contributed by atoms with Gasteiger partial charge in [0.1, 0.15) is 0 Å². The van der Waals surface area contributed by atoms with Crippen LogP contribution in [0.15, 0.2) is 9.63 Å². The fourth-order valence-electron chi connectivity index (χ4n) is 2.07. The van der Waals surface area contributed by atoms with E-state index in [4.69, 9.17) is 0 Å². The van der Waals surface area contributed by atoms with Crippen LogP contribution in [0.3, 0.4) is 0 Å². The Hall–Kier alpha value is -0.510. The maximum atomic E-state index is 12.4. The van der Waals surface area contributed by atoms with Gasteiger partial charge in [-0.15, -0.1) is 5.10 Å². The molecule has 1 N–H and O–H groups in total. The third-order valence-corrected chi connectivity index (χ3v) is 5.74. The first-order valence-corrected chi connectivity index (χ1v) is 7.91. The van der Waals surface area contributed by atoms with Crippen LogP contribution in [0.2, 0.25) is 0 Å². The van der Waals surface area contributed by atoms with Crippen LogP contribution >= 0.6 is 15.9 Å². The molecule has 2 rings (SSSR count). The molecule has 0 spiro atoms. The third-order valence-electron chi connectivity index (χ3n) is 3.03. The van der Waals surface area contributed by atoms with Crippen molar-refractivity contribution in [2.24, 2.45) is 7.05 Å². The van der Waals surface area contributed by atoms with Gasteiger partial charge in [0.25, 0.3) is 10.0 Å². The van der Waals surface area contributed by atoms with Gasteiger partial charge in [-0.05, 0) is 35.3 Å². The largest absolute Gasteiger partial charge is 0.313 e. The topological polar surface area (TPSA) is 80.1 Å². The Balaban J connectivity index is 2.20. The van der Waals surface area contributed by atoms with E-state index in [0.717, 1.165) is 19.4 Å². The number of nitrogens with zero attached hydrogens (tertiary/aromatic N) is 4. The summed E-state index contributed by atoms with van der Waals surface area (Å²) < 4.78 is 27.6. The summed E-state index contributed by atoms with van der Waals surface area (Å²) in [5, 5.41) is 10.8. The minimum absolute atomic E-state index is 0.0861. The molecule has 0 aromatic carbocycles. The maximum absolute atomic E-state index is 12.4. The molecule has 102 valence electrons. The molecule has 0 saturated carbocycles. The monoisotopic (exact) mass is 337 g/mol. The predicted molar refractivity (Wildman–Crippen MR) is 69.5 cm³/mol. The number of hydrogen-bond donors (Lipinski definition) is 1.